The lowest BCUT2D eigenvalue weighted by atomic mass is 9.89. The van der Waals surface area contributed by atoms with Crippen molar-refractivity contribution < 1.29 is 18.9 Å². The summed E-state index contributed by atoms with van der Waals surface area (Å²) in [5.74, 6) is 1.02. The maximum atomic E-state index is 5.87. The van der Waals surface area contributed by atoms with Gasteiger partial charge in [-0.15, -0.1) is 11.6 Å². The van der Waals surface area contributed by atoms with Crippen LogP contribution < -0.4 is 0 Å². The first-order valence-electron chi connectivity index (χ1n) is 6.43. The highest BCUT2D eigenvalue weighted by Gasteiger charge is 2.47. The first-order valence-corrected chi connectivity index (χ1v) is 6.96. The second-order valence-electron chi connectivity index (χ2n) is 5.01. The fourth-order valence-corrected chi connectivity index (χ4v) is 2.87. The van der Waals surface area contributed by atoms with Crippen molar-refractivity contribution in [3.8, 4) is 0 Å². The number of halogens is 1. The van der Waals surface area contributed by atoms with Crippen molar-refractivity contribution in [3.05, 3.63) is 0 Å². The van der Waals surface area contributed by atoms with Crippen LogP contribution in [0.5, 0.6) is 0 Å². The molecule has 0 bridgehead atoms. The Morgan fingerprint density at radius 2 is 2.12 bits per heavy atom. The molecule has 2 heterocycles. The Bertz CT molecular complexity index is 263. The first-order chi connectivity index (χ1) is 8.36. The molecule has 3 aliphatic rings. The van der Waals surface area contributed by atoms with Crippen molar-refractivity contribution in [2.45, 2.75) is 43.9 Å². The Hall–Kier alpha value is 0.130. The predicted molar refractivity (Wildman–Crippen MR) is 62.2 cm³/mol. The Balaban J connectivity index is 1.40. The molecule has 0 aromatic heterocycles. The van der Waals surface area contributed by atoms with Gasteiger partial charge in [-0.3, -0.25) is 0 Å². The molecule has 3 fully saturated rings. The molecule has 2 aliphatic heterocycles. The molecular weight excluding hydrogens is 244 g/mol. The van der Waals surface area contributed by atoms with E-state index in [9.17, 15) is 0 Å². The maximum Gasteiger partial charge on any atom is 0.161 e. The number of alkyl halides is 1. The van der Waals surface area contributed by atoms with Gasteiger partial charge in [0.15, 0.2) is 6.29 Å². The number of ether oxygens (including phenoxy) is 4. The van der Waals surface area contributed by atoms with Gasteiger partial charge in [0, 0.05) is 11.8 Å². The van der Waals surface area contributed by atoms with Crippen molar-refractivity contribution >= 4 is 11.6 Å². The van der Waals surface area contributed by atoms with Crippen LogP contribution >= 0.6 is 11.6 Å². The topological polar surface area (TPSA) is 40.2 Å². The van der Waals surface area contributed by atoms with E-state index in [0.717, 1.165) is 19.3 Å². The summed E-state index contributed by atoms with van der Waals surface area (Å²) in [6.07, 6.45) is 4.44. The number of epoxide rings is 1. The summed E-state index contributed by atoms with van der Waals surface area (Å²) in [5.41, 5.74) is 0. The van der Waals surface area contributed by atoms with Gasteiger partial charge in [0.05, 0.1) is 32.0 Å². The highest BCUT2D eigenvalue weighted by molar-refractivity contribution is 6.17. The molecule has 5 heteroatoms. The highest BCUT2D eigenvalue weighted by Crippen LogP contribution is 2.42. The van der Waals surface area contributed by atoms with Gasteiger partial charge in [-0.05, 0) is 19.3 Å². The summed E-state index contributed by atoms with van der Waals surface area (Å²) in [7, 11) is 0. The van der Waals surface area contributed by atoms with Gasteiger partial charge in [0.2, 0.25) is 0 Å². The predicted octanol–water partition coefficient (Wildman–Crippen LogP) is 1.55. The van der Waals surface area contributed by atoms with Crippen LogP contribution in [0.3, 0.4) is 0 Å². The third kappa shape index (κ3) is 2.93. The minimum absolute atomic E-state index is 0.0512. The lowest BCUT2D eigenvalue weighted by Gasteiger charge is -2.24. The second kappa shape index (κ2) is 5.41. The normalized spacial score (nSPS) is 44.6. The third-order valence-electron chi connectivity index (χ3n) is 3.73. The minimum atomic E-state index is -0.0512. The maximum absolute atomic E-state index is 5.87. The molecule has 0 spiro atoms. The van der Waals surface area contributed by atoms with E-state index in [1.807, 2.05) is 0 Å². The average molecular weight is 263 g/mol. The Labute approximate surface area is 106 Å². The summed E-state index contributed by atoms with van der Waals surface area (Å²) in [4.78, 5) is 0. The zero-order valence-corrected chi connectivity index (χ0v) is 10.6. The van der Waals surface area contributed by atoms with Gasteiger partial charge in [-0.25, -0.2) is 0 Å². The summed E-state index contributed by atoms with van der Waals surface area (Å²) >= 11 is 5.55. The van der Waals surface area contributed by atoms with Crippen LogP contribution in [0.4, 0.5) is 0 Å². The summed E-state index contributed by atoms with van der Waals surface area (Å²) < 4.78 is 22.5. The zero-order valence-electron chi connectivity index (χ0n) is 9.85. The lowest BCUT2D eigenvalue weighted by molar-refractivity contribution is -0.111. The molecule has 0 aromatic carbocycles. The van der Waals surface area contributed by atoms with E-state index in [2.05, 4.69) is 0 Å². The molecule has 1 saturated carbocycles. The van der Waals surface area contributed by atoms with Crippen LogP contribution in [0, 0.1) is 5.92 Å². The average Bonchev–Trinajstić information content (AvgIpc) is 2.98. The fourth-order valence-electron chi connectivity index (χ4n) is 2.76. The SMILES string of the molecule is ClCCOC[C@@H]1CO[C@H]([C@@H]2CC[C@@H]3O[C@@H]3C2)O1. The molecule has 1 aliphatic carbocycles. The van der Waals surface area contributed by atoms with Crippen LogP contribution in [-0.4, -0.2) is 50.3 Å². The van der Waals surface area contributed by atoms with Crippen molar-refractivity contribution in [1.82, 2.24) is 0 Å². The summed E-state index contributed by atoms with van der Waals surface area (Å²) in [5, 5.41) is 0. The molecule has 0 aromatic rings. The van der Waals surface area contributed by atoms with Gasteiger partial charge in [0.1, 0.15) is 6.10 Å². The number of rotatable bonds is 5. The smallest absolute Gasteiger partial charge is 0.161 e. The van der Waals surface area contributed by atoms with Crippen LogP contribution in [-0.2, 0) is 18.9 Å². The quantitative estimate of drug-likeness (QED) is 0.428. The first kappa shape index (κ1) is 12.2. The van der Waals surface area contributed by atoms with E-state index in [-0.39, 0.29) is 12.4 Å². The van der Waals surface area contributed by atoms with Crippen LogP contribution in [0.2, 0.25) is 0 Å². The number of hydrogen-bond acceptors (Lipinski definition) is 4. The largest absolute Gasteiger partial charge is 0.377 e. The van der Waals surface area contributed by atoms with E-state index in [0.29, 0.717) is 43.8 Å². The van der Waals surface area contributed by atoms with Crippen LogP contribution in [0.15, 0.2) is 0 Å². The van der Waals surface area contributed by atoms with E-state index >= 15 is 0 Å². The molecule has 3 rings (SSSR count). The molecule has 17 heavy (non-hydrogen) atoms. The van der Waals surface area contributed by atoms with Gasteiger partial charge >= 0.3 is 0 Å². The van der Waals surface area contributed by atoms with Crippen LogP contribution in [0.25, 0.3) is 0 Å². The molecule has 0 N–H and O–H groups in total. The number of hydrogen-bond donors (Lipinski definition) is 0. The lowest BCUT2D eigenvalue weighted by Crippen LogP contribution is -2.28. The Morgan fingerprint density at radius 3 is 2.94 bits per heavy atom. The monoisotopic (exact) mass is 262 g/mol. The summed E-state index contributed by atoms with van der Waals surface area (Å²) in [6, 6.07) is 0. The molecule has 98 valence electrons. The van der Waals surface area contributed by atoms with E-state index in [1.165, 1.54) is 0 Å². The Morgan fingerprint density at radius 1 is 1.18 bits per heavy atom. The Kier molecular flexibility index (Phi) is 3.87. The fraction of sp³-hybridized carbons (Fsp3) is 1.00. The highest BCUT2D eigenvalue weighted by atomic mass is 35.5. The minimum Gasteiger partial charge on any atom is -0.377 e. The van der Waals surface area contributed by atoms with E-state index in [1.54, 1.807) is 0 Å². The molecule has 0 radical (unpaired) electrons. The van der Waals surface area contributed by atoms with Gasteiger partial charge in [-0.2, -0.15) is 0 Å². The standard InChI is InChI=1S/C12H19ClO4/c13-3-4-14-6-9-7-15-12(16-9)8-1-2-10-11(5-8)17-10/h8-12H,1-7H2/t8-,9-,10+,11-,12+/m1/s1. The third-order valence-corrected chi connectivity index (χ3v) is 3.88. The van der Waals surface area contributed by atoms with Gasteiger partial charge in [0.25, 0.3) is 0 Å². The van der Waals surface area contributed by atoms with Crippen molar-refractivity contribution in [2.24, 2.45) is 5.92 Å². The van der Waals surface area contributed by atoms with E-state index < -0.39 is 0 Å². The number of fused-ring (bicyclic) bond motifs is 1. The van der Waals surface area contributed by atoms with Crippen molar-refractivity contribution in [3.63, 3.8) is 0 Å². The van der Waals surface area contributed by atoms with Crippen LogP contribution in [0.1, 0.15) is 19.3 Å². The van der Waals surface area contributed by atoms with Crippen molar-refractivity contribution in [2.75, 3.05) is 25.7 Å². The molecule has 2 saturated heterocycles. The van der Waals surface area contributed by atoms with Gasteiger partial charge in [-0.1, -0.05) is 0 Å². The molecular formula is C12H19ClO4. The molecule has 5 atom stereocenters. The van der Waals surface area contributed by atoms with E-state index in [4.69, 9.17) is 30.5 Å². The zero-order chi connectivity index (χ0) is 11.7. The van der Waals surface area contributed by atoms with Crippen molar-refractivity contribution in [1.29, 1.82) is 0 Å². The molecule has 0 unspecified atom stereocenters. The molecule has 4 nitrogen and oxygen atoms in total. The second-order valence-corrected chi connectivity index (χ2v) is 5.39. The summed E-state index contributed by atoms with van der Waals surface area (Å²) in [6.45, 7) is 1.80. The van der Waals surface area contributed by atoms with Gasteiger partial charge < -0.3 is 18.9 Å². The molecule has 0 amide bonds.